The van der Waals surface area contributed by atoms with Crippen LogP contribution in [0.1, 0.15) is 117 Å². The number of aliphatic hydroxyl groups is 2. The molecule has 3 saturated carbocycles. The van der Waals surface area contributed by atoms with Gasteiger partial charge < -0.3 is 20.4 Å². The fraction of sp³-hybridized carbons (Fsp3) is 0.939. The van der Waals surface area contributed by atoms with E-state index < -0.39 is 55.2 Å². The van der Waals surface area contributed by atoms with Crippen molar-refractivity contribution in [3.05, 3.63) is 0 Å². The van der Waals surface area contributed by atoms with Crippen LogP contribution in [0.3, 0.4) is 0 Å². The van der Waals surface area contributed by atoms with E-state index in [1.165, 1.54) is 5.01 Å². The minimum Gasteiger partial charge on any atom is -0.393 e. The summed E-state index contributed by atoms with van der Waals surface area (Å²) in [5.41, 5.74) is 0. The second-order valence-corrected chi connectivity index (χ2v) is 18.2. The van der Waals surface area contributed by atoms with Gasteiger partial charge in [-0.25, -0.2) is 27.0 Å². The zero-order chi connectivity index (χ0) is 35.5. The molecule has 0 radical (unpaired) electrons. The number of hydrogen-bond acceptors (Lipinski definition) is 9. The van der Waals surface area contributed by atoms with Gasteiger partial charge in [-0.3, -0.25) is 9.59 Å². The third-order valence-electron chi connectivity index (χ3n) is 10.6. The molecule has 13 nitrogen and oxygen atoms in total. The Labute approximate surface area is 289 Å². The van der Waals surface area contributed by atoms with Crippen LogP contribution in [0.2, 0.25) is 0 Å². The minimum atomic E-state index is -4.02. The first-order valence-electron chi connectivity index (χ1n) is 18.4. The van der Waals surface area contributed by atoms with E-state index in [4.69, 9.17) is 5.14 Å². The number of amides is 2. The molecule has 3 fully saturated rings. The van der Waals surface area contributed by atoms with Crippen molar-refractivity contribution in [1.82, 2.24) is 20.1 Å². The summed E-state index contributed by atoms with van der Waals surface area (Å²) in [5.74, 6) is -1.82. The van der Waals surface area contributed by atoms with Crippen molar-refractivity contribution < 1.29 is 36.6 Å². The van der Waals surface area contributed by atoms with Crippen LogP contribution in [0, 0.1) is 23.7 Å². The van der Waals surface area contributed by atoms with Crippen molar-refractivity contribution >= 4 is 31.9 Å². The Kier molecular flexibility index (Phi) is 16.5. The van der Waals surface area contributed by atoms with Crippen LogP contribution in [-0.4, -0.2) is 104 Å². The number of aliphatic hydroxyl groups excluding tert-OH is 2. The highest BCUT2D eigenvalue weighted by Gasteiger charge is 2.42. The first-order valence-corrected chi connectivity index (χ1v) is 21.6. The molecule has 0 aromatic carbocycles. The molecule has 0 spiro atoms. The zero-order valence-electron chi connectivity index (χ0n) is 29.4. The molecule has 5 unspecified atom stereocenters. The van der Waals surface area contributed by atoms with Crippen LogP contribution < -0.4 is 15.3 Å². The molecule has 5 atom stereocenters. The molecule has 0 aromatic rings. The standard InChI is InChI=1S/C33H63N5O8S2/c1-4-16-37(17-5-2)33(42)27-19-26(20-29(21-27)48(34,45)46)32(41)35-30(18-24-12-14-28(39)15-13-24)31(40)22-38(6-3)36-47(43,44)23-25-10-8-7-9-11-25/h24-31,36,39-40H,4-23H2,1-3H3,(H,35,41)(H2,34,45,46). The van der Waals surface area contributed by atoms with Crippen LogP contribution in [0.5, 0.6) is 0 Å². The largest absolute Gasteiger partial charge is 0.393 e. The second-order valence-electron chi connectivity index (χ2n) is 14.6. The first-order chi connectivity index (χ1) is 22.6. The predicted molar refractivity (Wildman–Crippen MR) is 186 cm³/mol. The van der Waals surface area contributed by atoms with Crippen LogP contribution in [0.25, 0.3) is 0 Å². The van der Waals surface area contributed by atoms with Crippen molar-refractivity contribution in [2.24, 2.45) is 28.8 Å². The first kappa shape index (κ1) is 41.1. The quantitative estimate of drug-likeness (QED) is 0.132. The molecule has 3 aliphatic carbocycles. The fourth-order valence-electron chi connectivity index (χ4n) is 7.92. The number of rotatable bonds is 18. The number of hydrazine groups is 1. The highest BCUT2D eigenvalue weighted by molar-refractivity contribution is 7.89. The summed E-state index contributed by atoms with van der Waals surface area (Å²) < 4.78 is 51.2. The lowest BCUT2D eigenvalue weighted by Gasteiger charge is -2.37. The van der Waals surface area contributed by atoms with E-state index in [-0.39, 0.29) is 55.4 Å². The average molecular weight is 722 g/mol. The van der Waals surface area contributed by atoms with E-state index in [1.807, 2.05) is 13.8 Å². The van der Waals surface area contributed by atoms with Crippen molar-refractivity contribution in [2.75, 3.05) is 31.9 Å². The van der Waals surface area contributed by atoms with E-state index in [0.29, 0.717) is 38.9 Å². The highest BCUT2D eigenvalue weighted by atomic mass is 32.2. The molecule has 0 heterocycles. The van der Waals surface area contributed by atoms with Gasteiger partial charge in [0.1, 0.15) is 0 Å². The Morgan fingerprint density at radius 3 is 2.02 bits per heavy atom. The molecule has 6 N–H and O–H groups in total. The molecule has 0 aliphatic heterocycles. The number of sulfonamides is 2. The van der Waals surface area contributed by atoms with E-state index >= 15 is 0 Å². The van der Waals surface area contributed by atoms with Gasteiger partial charge in [-0.15, -0.1) is 4.83 Å². The normalized spacial score (nSPS) is 27.4. The van der Waals surface area contributed by atoms with E-state index in [1.54, 1.807) is 11.8 Å². The maximum Gasteiger partial charge on any atom is 0.225 e. The number of nitrogens with two attached hydrogens (primary N) is 1. The second kappa shape index (κ2) is 19.3. The van der Waals surface area contributed by atoms with Gasteiger partial charge in [0.2, 0.25) is 31.9 Å². The summed E-state index contributed by atoms with van der Waals surface area (Å²) >= 11 is 0. The number of hydrogen-bond donors (Lipinski definition) is 5. The lowest BCUT2D eigenvalue weighted by molar-refractivity contribution is -0.138. The Balaban J connectivity index is 1.77. The van der Waals surface area contributed by atoms with E-state index in [2.05, 4.69) is 10.1 Å². The SMILES string of the molecule is CCCN(CCC)C(=O)C1CC(C(=O)NC(CC2CCC(O)CC2)C(O)CN(CC)NS(=O)(=O)CC2CCCCC2)CC(S(N)(=O)=O)C1. The Bertz CT molecular complexity index is 1220. The molecule has 48 heavy (non-hydrogen) atoms. The van der Waals surface area contributed by atoms with Gasteiger partial charge in [-0.05, 0) is 88.9 Å². The summed E-state index contributed by atoms with van der Waals surface area (Å²) in [7, 11) is -7.67. The molecule has 3 aliphatic rings. The molecule has 0 bridgehead atoms. The Morgan fingerprint density at radius 2 is 1.46 bits per heavy atom. The van der Waals surface area contributed by atoms with E-state index in [9.17, 15) is 36.6 Å². The average Bonchev–Trinajstić information content (AvgIpc) is 3.04. The van der Waals surface area contributed by atoms with Gasteiger partial charge in [-0.2, -0.15) is 0 Å². The minimum absolute atomic E-state index is 0.0174. The summed E-state index contributed by atoms with van der Waals surface area (Å²) in [6.45, 7) is 7.06. The third kappa shape index (κ3) is 13.1. The third-order valence-corrected chi connectivity index (χ3v) is 13.3. The summed E-state index contributed by atoms with van der Waals surface area (Å²) in [6, 6.07) is -0.754. The summed E-state index contributed by atoms with van der Waals surface area (Å²) in [6.07, 6.45) is 8.28. The topological polar surface area (TPSA) is 199 Å². The molecule has 0 saturated heterocycles. The van der Waals surface area contributed by atoms with Gasteiger partial charge in [-0.1, -0.05) is 40.0 Å². The maximum absolute atomic E-state index is 13.9. The van der Waals surface area contributed by atoms with Crippen molar-refractivity contribution in [2.45, 2.75) is 141 Å². The van der Waals surface area contributed by atoms with E-state index in [0.717, 1.165) is 57.8 Å². The van der Waals surface area contributed by atoms with Crippen molar-refractivity contribution in [1.29, 1.82) is 0 Å². The number of likely N-dealkylation sites (N-methyl/N-ethyl adjacent to an activating group) is 1. The lowest BCUT2D eigenvalue weighted by atomic mass is 9.79. The summed E-state index contributed by atoms with van der Waals surface area (Å²) in [5, 5.41) is 30.6. The van der Waals surface area contributed by atoms with Gasteiger partial charge >= 0.3 is 0 Å². The molecule has 2 amide bonds. The van der Waals surface area contributed by atoms with Crippen LogP contribution in [0.4, 0.5) is 0 Å². The smallest absolute Gasteiger partial charge is 0.225 e. The number of nitrogens with one attached hydrogen (secondary N) is 2. The van der Waals surface area contributed by atoms with Crippen LogP contribution in [-0.2, 0) is 29.6 Å². The highest BCUT2D eigenvalue weighted by Crippen LogP contribution is 2.35. The van der Waals surface area contributed by atoms with Gasteiger partial charge in [0, 0.05) is 38.0 Å². The molecular formula is C33H63N5O8S2. The molecule has 0 aromatic heterocycles. The predicted octanol–water partition coefficient (Wildman–Crippen LogP) is 2.23. The summed E-state index contributed by atoms with van der Waals surface area (Å²) in [4.78, 5) is 31.9. The molecule has 15 heteroatoms. The fourth-order valence-corrected chi connectivity index (χ4v) is 10.5. The number of primary sulfonamides is 1. The van der Waals surface area contributed by atoms with Crippen molar-refractivity contribution in [3.8, 4) is 0 Å². The molecule has 3 rings (SSSR count). The molecule has 280 valence electrons. The molecular weight excluding hydrogens is 659 g/mol. The zero-order valence-corrected chi connectivity index (χ0v) is 31.0. The number of carbonyl (C=O) groups excluding carboxylic acids is 2. The van der Waals surface area contributed by atoms with Crippen LogP contribution >= 0.6 is 0 Å². The Hall–Kier alpha value is -1.36. The number of carbonyl (C=O) groups is 2. The monoisotopic (exact) mass is 721 g/mol. The number of nitrogens with zero attached hydrogens (tertiary/aromatic N) is 2. The van der Waals surface area contributed by atoms with Gasteiger partial charge in [0.05, 0.1) is 29.3 Å². The lowest BCUT2D eigenvalue weighted by Crippen LogP contribution is -2.55. The van der Waals surface area contributed by atoms with Crippen LogP contribution in [0.15, 0.2) is 0 Å². The maximum atomic E-state index is 13.9. The van der Waals surface area contributed by atoms with Gasteiger partial charge in [0.15, 0.2) is 0 Å². The van der Waals surface area contributed by atoms with Gasteiger partial charge in [0.25, 0.3) is 0 Å². The van der Waals surface area contributed by atoms with Crippen molar-refractivity contribution in [3.63, 3.8) is 0 Å². The Morgan fingerprint density at radius 1 is 0.854 bits per heavy atom.